The number of fused-ring (bicyclic) bond motifs is 7. The summed E-state index contributed by atoms with van der Waals surface area (Å²) in [5, 5.41) is 117. The van der Waals surface area contributed by atoms with Crippen molar-refractivity contribution in [2.24, 2.45) is 52.3 Å². The third-order valence-corrected chi connectivity index (χ3v) is 18.0. The monoisotopic (exact) mass is 905 g/mol. The lowest BCUT2D eigenvalue weighted by atomic mass is 9.44. The highest BCUT2D eigenvalue weighted by Crippen LogP contribution is 2.71. The first-order valence-electron chi connectivity index (χ1n) is 23.7. The Bertz CT molecular complexity index is 1550. The highest BCUT2D eigenvalue weighted by atomic mass is 16.8. The molecule has 18 nitrogen and oxygen atoms in total. The van der Waals surface area contributed by atoms with Crippen LogP contribution < -0.4 is 0 Å². The molecule has 4 aliphatic heterocycles. The summed E-state index contributed by atoms with van der Waals surface area (Å²) in [6.07, 6.45) is -14.9. The van der Waals surface area contributed by atoms with E-state index in [1.165, 1.54) is 6.92 Å². The maximum Gasteiger partial charge on any atom is 0.187 e. The lowest BCUT2D eigenvalue weighted by Crippen LogP contribution is -2.67. The largest absolute Gasteiger partial charge is 0.396 e. The van der Waals surface area contributed by atoms with Crippen LogP contribution in [0.15, 0.2) is 0 Å². The van der Waals surface area contributed by atoms with Crippen molar-refractivity contribution in [3.8, 4) is 0 Å². The number of aliphatic hydroxyl groups excluding tert-OH is 10. The van der Waals surface area contributed by atoms with Gasteiger partial charge >= 0.3 is 0 Å². The minimum atomic E-state index is -1.81. The summed E-state index contributed by atoms with van der Waals surface area (Å²) in [5.74, 6) is 1.07. The summed E-state index contributed by atoms with van der Waals surface area (Å²) in [7, 11) is 0. The minimum Gasteiger partial charge on any atom is -0.396 e. The average Bonchev–Trinajstić information content (AvgIpc) is 3.70. The standard InChI is InChI=1S/C45H76O18/c1-19(16-46)8-13-45(56)20(2)30-27(63-45)15-26-24-7-6-22-14-23(9-11-43(22,4)25(24)10-12-44(26,30)5)58-41-38(35(53)32(50)28(17-47)59-41)62-42-39(36(54)33(51)29(18-48)60-42)61-40-37(55)34(52)31(49)21(3)57-40/h19-42,46-56H,6-18H2,1-5H3/t19-,20-,21-,22+,23-,24+,25-,26-,27-,28+,29+,30-,31-,32+,33+,34+,35-,36-,37+,38+,39+,40-,41+,42-,43-,44-,45+/m0/s1. The molecule has 8 aliphatic rings. The first-order valence-corrected chi connectivity index (χ1v) is 23.7. The van der Waals surface area contributed by atoms with E-state index in [-0.39, 0.29) is 47.4 Å². The molecular weight excluding hydrogens is 828 g/mol. The van der Waals surface area contributed by atoms with E-state index in [0.717, 1.165) is 38.5 Å². The molecule has 0 aromatic rings. The molecule has 11 N–H and O–H groups in total. The molecule has 0 radical (unpaired) electrons. The molecule has 0 amide bonds. The summed E-state index contributed by atoms with van der Waals surface area (Å²) in [6, 6.07) is 0. The van der Waals surface area contributed by atoms with Crippen LogP contribution >= 0.6 is 0 Å². The van der Waals surface area contributed by atoms with E-state index in [2.05, 4.69) is 20.8 Å². The Kier molecular flexibility index (Phi) is 14.4. The predicted octanol–water partition coefficient (Wildman–Crippen LogP) is -0.752. The maximum atomic E-state index is 11.7. The SMILES string of the molecule is C[C@H](CO)CC[C@@]1(O)O[C@H]2C[C@H]3[C@@H]4CC[C@@H]5C[C@@H](O[C@@H]6O[C@H](CO)[C@@H](O)[C@H](O)[C@H]6O[C@@H]6O[C@H](CO)[C@@H](O)[C@H](O)[C@H]6O[C@@H]6O[C@@H](C)[C@H](O)[C@@H](O)[C@H]6O)CC[C@]5(C)[C@H]4CC[C@]3(C)[C@H]2[C@@H]1C. The van der Waals surface area contributed by atoms with Gasteiger partial charge in [-0.2, -0.15) is 0 Å². The van der Waals surface area contributed by atoms with Gasteiger partial charge in [0.15, 0.2) is 24.7 Å². The number of rotatable bonds is 12. The minimum absolute atomic E-state index is 0.00169. The number of aliphatic hydroxyl groups is 11. The van der Waals surface area contributed by atoms with E-state index >= 15 is 0 Å². The van der Waals surface area contributed by atoms with Gasteiger partial charge in [-0.05, 0) is 111 Å². The van der Waals surface area contributed by atoms with Crippen molar-refractivity contribution in [3.63, 3.8) is 0 Å². The van der Waals surface area contributed by atoms with Gasteiger partial charge in [0, 0.05) is 18.9 Å². The molecule has 63 heavy (non-hydrogen) atoms. The van der Waals surface area contributed by atoms with Crippen molar-refractivity contribution in [1.29, 1.82) is 0 Å². The smallest absolute Gasteiger partial charge is 0.187 e. The van der Waals surface area contributed by atoms with Crippen molar-refractivity contribution in [1.82, 2.24) is 0 Å². The molecule has 4 aliphatic carbocycles. The molecule has 0 unspecified atom stereocenters. The number of hydrogen-bond acceptors (Lipinski definition) is 18. The van der Waals surface area contributed by atoms with Gasteiger partial charge in [0.25, 0.3) is 0 Å². The maximum absolute atomic E-state index is 11.7. The fraction of sp³-hybridized carbons (Fsp3) is 1.00. The van der Waals surface area contributed by atoms with Crippen molar-refractivity contribution in [3.05, 3.63) is 0 Å². The van der Waals surface area contributed by atoms with Crippen LogP contribution in [-0.2, 0) is 33.2 Å². The Morgan fingerprint density at radius 3 is 1.86 bits per heavy atom. The van der Waals surface area contributed by atoms with Crippen LogP contribution in [0.2, 0.25) is 0 Å². The first-order chi connectivity index (χ1) is 29.8. The Morgan fingerprint density at radius 1 is 0.635 bits per heavy atom. The quantitative estimate of drug-likeness (QED) is 0.107. The third-order valence-electron chi connectivity index (χ3n) is 18.0. The lowest BCUT2D eigenvalue weighted by molar-refractivity contribution is -0.395. The van der Waals surface area contributed by atoms with Crippen LogP contribution in [0.25, 0.3) is 0 Å². The van der Waals surface area contributed by atoms with Gasteiger partial charge in [-0.3, -0.25) is 0 Å². The van der Waals surface area contributed by atoms with Crippen LogP contribution in [0.4, 0.5) is 0 Å². The summed E-state index contributed by atoms with van der Waals surface area (Å²) >= 11 is 0. The molecule has 0 aromatic carbocycles. The Morgan fingerprint density at radius 2 is 1.24 bits per heavy atom. The highest BCUT2D eigenvalue weighted by Gasteiger charge is 2.68. The van der Waals surface area contributed by atoms with Crippen LogP contribution in [0.5, 0.6) is 0 Å². The van der Waals surface area contributed by atoms with E-state index in [0.29, 0.717) is 49.4 Å². The zero-order valence-electron chi connectivity index (χ0n) is 37.3. The molecule has 4 saturated heterocycles. The van der Waals surface area contributed by atoms with Crippen molar-refractivity contribution < 1.29 is 89.3 Å². The number of ether oxygens (including phenoxy) is 7. The molecule has 0 bridgehead atoms. The zero-order chi connectivity index (χ0) is 45.5. The fourth-order valence-corrected chi connectivity index (χ4v) is 14.1. The summed E-state index contributed by atoms with van der Waals surface area (Å²) in [5.41, 5.74) is 0.110. The van der Waals surface area contributed by atoms with Crippen LogP contribution in [0, 0.1) is 52.3 Å². The van der Waals surface area contributed by atoms with Crippen LogP contribution in [0.3, 0.4) is 0 Å². The van der Waals surface area contributed by atoms with Gasteiger partial charge in [-0.25, -0.2) is 0 Å². The second-order valence-corrected chi connectivity index (χ2v) is 21.4. The molecule has 27 atom stereocenters. The second-order valence-electron chi connectivity index (χ2n) is 21.4. The normalized spacial score (nSPS) is 56.3. The second kappa shape index (κ2) is 18.6. The molecule has 0 spiro atoms. The van der Waals surface area contributed by atoms with Gasteiger partial charge in [-0.15, -0.1) is 0 Å². The van der Waals surface area contributed by atoms with Crippen molar-refractivity contribution >= 4 is 0 Å². The van der Waals surface area contributed by atoms with Gasteiger partial charge in [0.05, 0.1) is 31.5 Å². The molecule has 0 aromatic heterocycles. The molecule has 4 heterocycles. The summed E-state index contributed by atoms with van der Waals surface area (Å²) in [4.78, 5) is 0. The van der Waals surface area contributed by atoms with E-state index in [1.807, 2.05) is 6.92 Å². The van der Waals surface area contributed by atoms with Crippen molar-refractivity contribution in [2.75, 3.05) is 19.8 Å². The third kappa shape index (κ3) is 8.49. The Labute approximate surface area is 369 Å². The Hall–Kier alpha value is -0.720. The van der Waals surface area contributed by atoms with E-state index < -0.39 is 111 Å². The van der Waals surface area contributed by atoms with Gasteiger partial charge in [0.1, 0.15) is 67.1 Å². The Balaban J connectivity index is 0.955. The lowest BCUT2D eigenvalue weighted by Gasteiger charge is -2.61. The molecule has 364 valence electrons. The summed E-state index contributed by atoms with van der Waals surface area (Å²) < 4.78 is 42.9. The molecular formula is C45H76O18. The highest BCUT2D eigenvalue weighted by molar-refractivity contribution is 5.15. The van der Waals surface area contributed by atoms with Gasteiger partial charge < -0.3 is 89.3 Å². The summed E-state index contributed by atoms with van der Waals surface area (Å²) in [6.45, 7) is 9.17. The predicted molar refractivity (Wildman–Crippen MR) is 218 cm³/mol. The van der Waals surface area contributed by atoms with E-state index in [1.54, 1.807) is 0 Å². The van der Waals surface area contributed by atoms with Crippen LogP contribution in [-0.4, -0.2) is 186 Å². The fourth-order valence-electron chi connectivity index (χ4n) is 14.1. The average molecular weight is 905 g/mol. The molecule has 18 heteroatoms. The topological polar surface area (TPSA) is 287 Å². The molecule has 8 rings (SSSR count). The van der Waals surface area contributed by atoms with Crippen LogP contribution in [0.1, 0.15) is 98.8 Å². The van der Waals surface area contributed by atoms with Gasteiger partial charge in [-0.1, -0.05) is 27.7 Å². The first kappa shape index (κ1) is 48.7. The zero-order valence-corrected chi connectivity index (χ0v) is 37.3. The van der Waals surface area contributed by atoms with E-state index in [4.69, 9.17) is 33.2 Å². The molecule has 4 saturated carbocycles. The van der Waals surface area contributed by atoms with Crippen molar-refractivity contribution in [2.45, 2.75) is 209 Å². The van der Waals surface area contributed by atoms with Gasteiger partial charge in [0.2, 0.25) is 0 Å². The molecule has 8 fully saturated rings. The van der Waals surface area contributed by atoms with E-state index in [9.17, 15) is 56.2 Å². The number of hydrogen-bond donors (Lipinski definition) is 11.